The second-order valence-corrected chi connectivity index (χ2v) is 7.03. The molecule has 20 heavy (non-hydrogen) atoms. The molecule has 1 aromatic heterocycles. The molecule has 0 spiro atoms. The normalized spacial score (nSPS) is 10.8. The summed E-state index contributed by atoms with van der Waals surface area (Å²) in [5.74, 6) is 0.0521. The maximum absolute atomic E-state index is 5.94. The van der Waals surface area contributed by atoms with Gasteiger partial charge >= 0.3 is 37.3 Å². The van der Waals surface area contributed by atoms with E-state index >= 15 is 0 Å². The van der Waals surface area contributed by atoms with Crippen LogP contribution in [0, 0.1) is 0 Å². The van der Waals surface area contributed by atoms with Crippen molar-refractivity contribution in [3.05, 3.63) is 21.3 Å². The first-order chi connectivity index (χ1) is 9.41. The standard InChI is InChI=1S/C9H11Cl3NO3PS.CH3.Hg/c1-3-14-17(18,15-4-2)16-9-7(11)5-6(10)8(12)13-9;;/h5H,3-4H2,1-2H3;1H3;. The van der Waals surface area contributed by atoms with Gasteiger partial charge in [0.15, 0.2) is 5.15 Å². The quantitative estimate of drug-likeness (QED) is 0.266. The van der Waals surface area contributed by atoms with Crippen LogP contribution >= 0.6 is 41.5 Å². The van der Waals surface area contributed by atoms with Gasteiger partial charge in [-0.15, -0.1) is 0 Å². The van der Waals surface area contributed by atoms with E-state index in [1.54, 1.807) is 13.8 Å². The minimum atomic E-state index is -2.92. The van der Waals surface area contributed by atoms with Crippen molar-refractivity contribution in [1.29, 1.82) is 0 Å². The number of halogens is 3. The molecule has 0 bridgehead atoms. The Balaban J connectivity index is 0.00000172. The molecule has 0 unspecified atom stereocenters. The van der Waals surface area contributed by atoms with Crippen LogP contribution in [0.15, 0.2) is 6.07 Å². The maximum atomic E-state index is 5.94. The van der Waals surface area contributed by atoms with Gasteiger partial charge in [0.1, 0.15) is 5.02 Å². The number of rotatable bonds is 6. The Kier molecular flexibility index (Phi) is 11.7. The van der Waals surface area contributed by atoms with E-state index in [0.717, 1.165) is 26.1 Å². The van der Waals surface area contributed by atoms with E-state index in [0.29, 0.717) is 13.2 Å². The predicted octanol–water partition coefficient (Wildman–Crippen LogP) is 5.30. The molecule has 10 heteroatoms. The van der Waals surface area contributed by atoms with Gasteiger partial charge in [0.25, 0.3) is 0 Å². The molecule has 1 heterocycles. The number of nitrogens with zero attached hydrogens (tertiary/aromatic N) is 1. The molecule has 0 radical (unpaired) electrons. The first kappa shape index (κ1) is 21.3. The van der Waals surface area contributed by atoms with E-state index in [-0.39, 0.29) is 21.1 Å². The van der Waals surface area contributed by atoms with Crippen molar-refractivity contribution in [3.63, 3.8) is 0 Å². The number of hydrogen-bond donors (Lipinski definition) is 0. The molecule has 0 aliphatic carbocycles. The average molecular weight is 566 g/mol. The molecular weight excluding hydrogens is 552 g/mol. The second kappa shape index (κ2) is 11.0. The van der Waals surface area contributed by atoms with E-state index < -0.39 is 6.72 Å². The zero-order valence-electron chi connectivity index (χ0n) is 11.4. The Morgan fingerprint density at radius 2 is 1.65 bits per heavy atom. The van der Waals surface area contributed by atoms with Crippen molar-refractivity contribution in [2.45, 2.75) is 18.3 Å². The number of aromatic nitrogens is 1. The second-order valence-electron chi connectivity index (χ2n) is 2.92. The Labute approximate surface area is 155 Å². The van der Waals surface area contributed by atoms with Gasteiger partial charge in [-0.05, 0) is 19.9 Å². The molecule has 0 aromatic carbocycles. The van der Waals surface area contributed by atoms with Crippen LogP contribution in [0.3, 0.4) is 0 Å². The summed E-state index contributed by atoms with van der Waals surface area (Å²) in [6.45, 7) is 1.37. The molecule has 0 amide bonds. The molecule has 0 saturated heterocycles. The van der Waals surface area contributed by atoms with E-state index in [1.165, 1.54) is 6.07 Å². The topological polar surface area (TPSA) is 40.6 Å². The minimum absolute atomic E-state index is 0.0521. The van der Waals surface area contributed by atoms with E-state index in [4.69, 9.17) is 60.2 Å². The molecule has 0 aliphatic rings. The van der Waals surface area contributed by atoms with E-state index in [2.05, 4.69) is 9.42 Å². The summed E-state index contributed by atoms with van der Waals surface area (Å²) in [4.78, 5) is 3.90. The van der Waals surface area contributed by atoms with Crippen molar-refractivity contribution < 1.29 is 39.7 Å². The van der Waals surface area contributed by atoms with E-state index in [1.807, 2.05) is 0 Å². The Bertz CT molecular complexity index is 471. The number of hydrogen-bond acceptors (Lipinski definition) is 5. The van der Waals surface area contributed by atoms with Crippen LogP contribution in [0.5, 0.6) is 5.88 Å². The van der Waals surface area contributed by atoms with Crippen molar-refractivity contribution in [3.8, 4) is 5.88 Å². The molecule has 0 saturated carbocycles. The summed E-state index contributed by atoms with van der Waals surface area (Å²) in [5, 5.41) is 0.499. The van der Waals surface area contributed by atoms with Gasteiger partial charge in [-0.3, -0.25) is 9.05 Å². The third-order valence-corrected chi connectivity index (χ3v) is 4.97. The first-order valence-electron chi connectivity index (χ1n) is 5.72. The Morgan fingerprint density at radius 3 is 2.10 bits per heavy atom. The third-order valence-electron chi connectivity index (χ3n) is 1.63. The van der Waals surface area contributed by atoms with E-state index in [9.17, 15) is 0 Å². The SMILES string of the molecule is CCOP(=S)(OCC)Oc1nc(Cl)c(Cl)cc1Cl.[CH3][Hg]. The summed E-state index contributed by atoms with van der Waals surface area (Å²) >= 11 is 23.7. The first-order valence-corrected chi connectivity index (χ1v) is 14.9. The monoisotopic (exact) mass is 566 g/mol. The van der Waals surface area contributed by atoms with Crippen molar-refractivity contribution in [2.75, 3.05) is 13.2 Å². The van der Waals surface area contributed by atoms with Gasteiger partial charge in [0, 0.05) is 11.8 Å². The molecule has 0 aliphatic heterocycles. The van der Waals surface area contributed by atoms with Gasteiger partial charge in [-0.2, -0.15) is 4.98 Å². The number of pyridine rings is 1. The molecule has 0 N–H and O–H groups in total. The zero-order chi connectivity index (χ0) is 15.8. The fraction of sp³-hybridized carbons (Fsp3) is 0.500. The molecule has 111 valence electrons. The third kappa shape index (κ3) is 7.06. The van der Waals surface area contributed by atoms with Gasteiger partial charge in [-0.1, -0.05) is 34.8 Å². The Hall–Kier alpha value is 1.33. The molecular formula is C10H14Cl3HgNO3PS. The summed E-state index contributed by atoms with van der Waals surface area (Å²) < 4.78 is 18.3. The van der Waals surface area contributed by atoms with Crippen molar-refractivity contribution >= 4 is 53.3 Å². The molecule has 1 rings (SSSR count). The van der Waals surface area contributed by atoms with Gasteiger partial charge in [0.05, 0.1) is 18.2 Å². The van der Waals surface area contributed by atoms with Crippen LogP contribution in [-0.4, -0.2) is 18.2 Å². The van der Waals surface area contributed by atoms with Crippen molar-refractivity contribution in [1.82, 2.24) is 4.98 Å². The fourth-order valence-corrected chi connectivity index (χ4v) is 3.59. The predicted molar refractivity (Wildman–Crippen MR) is 83.3 cm³/mol. The van der Waals surface area contributed by atoms with Crippen molar-refractivity contribution in [2.24, 2.45) is 0 Å². The van der Waals surface area contributed by atoms with Crippen LogP contribution < -0.4 is 4.52 Å². The molecule has 4 nitrogen and oxygen atoms in total. The fourth-order valence-electron chi connectivity index (χ4n) is 1.00. The average Bonchev–Trinajstić information content (AvgIpc) is 2.39. The van der Waals surface area contributed by atoms with Crippen LogP contribution in [0.2, 0.25) is 19.6 Å². The van der Waals surface area contributed by atoms with Crippen LogP contribution in [-0.2, 0) is 47.0 Å². The van der Waals surface area contributed by atoms with Crippen LogP contribution in [0.4, 0.5) is 0 Å². The Morgan fingerprint density at radius 1 is 1.15 bits per heavy atom. The summed E-state index contributed by atoms with van der Waals surface area (Å²) in [7, 11) is 0. The molecule has 0 fully saturated rings. The zero-order valence-corrected chi connectivity index (χ0v) is 20.8. The van der Waals surface area contributed by atoms with Gasteiger partial charge in [0.2, 0.25) is 5.88 Å². The van der Waals surface area contributed by atoms with Gasteiger partial charge in [-0.25, -0.2) is 0 Å². The summed E-state index contributed by atoms with van der Waals surface area (Å²) in [6.07, 6.45) is 0. The van der Waals surface area contributed by atoms with Gasteiger partial charge < -0.3 is 4.52 Å². The van der Waals surface area contributed by atoms with Crippen LogP contribution in [0.25, 0.3) is 0 Å². The summed E-state index contributed by atoms with van der Waals surface area (Å²) in [6, 6.07) is 1.42. The molecule has 0 atom stereocenters. The van der Waals surface area contributed by atoms with Crippen LogP contribution in [0.1, 0.15) is 13.8 Å². The summed E-state index contributed by atoms with van der Waals surface area (Å²) in [5.41, 5.74) is 0. The molecule has 1 aromatic rings.